The number of rotatable bonds is 8. The predicted molar refractivity (Wildman–Crippen MR) is 65.2 cm³/mol. The van der Waals surface area contributed by atoms with Gasteiger partial charge in [-0.05, 0) is 39.3 Å². The predicted octanol–water partition coefficient (Wildman–Crippen LogP) is 1.71. The second-order valence-corrected chi connectivity index (χ2v) is 4.28. The number of nitrogens with one attached hydrogen (secondary N) is 1. The molecule has 16 heavy (non-hydrogen) atoms. The highest BCUT2D eigenvalue weighted by atomic mass is 16.5. The van der Waals surface area contributed by atoms with Crippen molar-refractivity contribution in [2.75, 3.05) is 13.2 Å². The second-order valence-electron chi connectivity index (χ2n) is 4.28. The van der Waals surface area contributed by atoms with Crippen molar-refractivity contribution < 1.29 is 4.74 Å². The first-order valence-corrected chi connectivity index (χ1v) is 5.99. The molecule has 92 valence electrons. The number of hydrogen-bond donors (Lipinski definition) is 1. The van der Waals surface area contributed by atoms with Gasteiger partial charge in [0.2, 0.25) is 0 Å². The molecule has 0 atom stereocenters. The number of nitrogens with zero attached hydrogens (tertiary/aromatic N) is 2. The highest BCUT2D eigenvalue weighted by Gasteiger charge is 1.96. The third-order valence-electron chi connectivity index (χ3n) is 2.27. The van der Waals surface area contributed by atoms with Crippen LogP contribution in [0.2, 0.25) is 0 Å². The lowest BCUT2D eigenvalue weighted by molar-refractivity contribution is 0.0760. The van der Waals surface area contributed by atoms with Gasteiger partial charge in [0.05, 0.1) is 11.8 Å². The lowest BCUT2D eigenvalue weighted by atomic mass is 10.3. The quantitative estimate of drug-likeness (QED) is 0.685. The number of aromatic nitrogens is 2. The molecule has 0 saturated carbocycles. The second kappa shape index (κ2) is 7.41. The van der Waals surface area contributed by atoms with Gasteiger partial charge in [-0.3, -0.25) is 4.68 Å². The average molecular weight is 225 g/mol. The van der Waals surface area contributed by atoms with Crippen molar-refractivity contribution in [3.05, 3.63) is 18.0 Å². The van der Waals surface area contributed by atoms with Gasteiger partial charge in [0.15, 0.2) is 0 Å². The minimum absolute atomic E-state index is 0.349. The maximum Gasteiger partial charge on any atom is 0.0762 e. The molecule has 0 aliphatic rings. The summed E-state index contributed by atoms with van der Waals surface area (Å²) >= 11 is 0. The van der Waals surface area contributed by atoms with E-state index in [-0.39, 0.29) is 0 Å². The maximum absolute atomic E-state index is 5.47. The minimum atomic E-state index is 0.349. The van der Waals surface area contributed by atoms with Gasteiger partial charge in [-0.25, -0.2) is 0 Å². The Morgan fingerprint density at radius 3 is 2.88 bits per heavy atom. The Labute approximate surface area is 98.0 Å². The third kappa shape index (κ3) is 5.88. The molecule has 0 bridgehead atoms. The van der Waals surface area contributed by atoms with Gasteiger partial charge < -0.3 is 10.1 Å². The van der Waals surface area contributed by atoms with Crippen molar-refractivity contribution in [2.45, 2.75) is 39.3 Å². The van der Waals surface area contributed by atoms with E-state index < -0.39 is 0 Å². The van der Waals surface area contributed by atoms with Crippen molar-refractivity contribution >= 4 is 0 Å². The van der Waals surface area contributed by atoms with Gasteiger partial charge in [-0.15, -0.1) is 0 Å². The third-order valence-corrected chi connectivity index (χ3v) is 2.27. The van der Waals surface area contributed by atoms with Gasteiger partial charge >= 0.3 is 0 Å². The zero-order valence-corrected chi connectivity index (χ0v) is 10.6. The molecular formula is C12H23N3O. The molecule has 4 nitrogen and oxygen atoms in total. The molecule has 0 amide bonds. The van der Waals surface area contributed by atoms with E-state index in [1.165, 1.54) is 0 Å². The van der Waals surface area contributed by atoms with E-state index in [0.29, 0.717) is 6.10 Å². The van der Waals surface area contributed by atoms with Gasteiger partial charge in [-0.1, -0.05) is 0 Å². The lowest BCUT2D eigenvalue weighted by Crippen LogP contribution is -2.16. The largest absolute Gasteiger partial charge is 0.379 e. The maximum atomic E-state index is 5.47. The number of aryl methyl sites for hydroxylation is 1. The van der Waals surface area contributed by atoms with E-state index in [0.717, 1.165) is 38.2 Å². The Kier molecular flexibility index (Phi) is 6.11. The SMILES string of the molecule is CC(C)OCCCCNCc1ccn(C)n1. The van der Waals surface area contributed by atoms with Gasteiger partial charge in [0.25, 0.3) is 0 Å². The van der Waals surface area contributed by atoms with Crippen LogP contribution in [0.1, 0.15) is 32.4 Å². The Morgan fingerprint density at radius 2 is 2.25 bits per heavy atom. The Hall–Kier alpha value is -0.870. The van der Waals surface area contributed by atoms with Gasteiger partial charge in [0.1, 0.15) is 0 Å². The van der Waals surface area contributed by atoms with Crippen molar-refractivity contribution in [1.29, 1.82) is 0 Å². The minimum Gasteiger partial charge on any atom is -0.379 e. The molecule has 0 spiro atoms. The zero-order chi connectivity index (χ0) is 11.8. The summed E-state index contributed by atoms with van der Waals surface area (Å²) in [5, 5.41) is 7.67. The summed E-state index contributed by atoms with van der Waals surface area (Å²) < 4.78 is 7.29. The van der Waals surface area contributed by atoms with E-state index >= 15 is 0 Å². The summed E-state index contributed by atoms with van der Waals surface area (Å²) in [6, 6.07) is 2.04. The van der Waals surface area contributed by atoms with Crippen molar-refractivity contribution in [3.63, 3.8) is 0 Å². The van der Waals surface area contributed by atoms with E-state index in [9.17, 15) is 0 Å². The summed E-state index contributed by atoms with van der Waals surface area (Å²) in [5.41, 5.74) is 1.10. The van der Waals surface area contributed by atoms with Crippen LogP contribution in [0.5, 0.6) is 0 Å². The van der Waals surface area contributed by atoms with E-state index in [4.69, 9.17) is 4.74 Å². The van der Waals surface area contributed by atoms with E-state index in [2.05, 4.69) is 24.3 Å². The topological polar surface area (TPSA) is 39.1 Å². The van der Waals surface area contributed by atoms with E-state index in [1.54, 1.807) is 0 Å². The van der Waals surface area contributed by atoms with Crippen LogP contribution in [-0.4, -0.2) is 29.0 Å². The molecule has 1 N–H and O–H groups in total. The van der Waals surface area contributed by atoms with Crippen LogP contribution in [0.25, 0.3) is 0 Å². The molecule has 1 aromatic rings. The van der Waals surface area contributed by atoms with Crippen LogP contribution in [0.3, 0.4) is 0 Å². The average Bonchev–Trinajstić information content (AvgIpc) is 2.62. The zero-order valence-electron chi connectivity index (χ0n) is 10.6. The Bertz CT molecular complexity index is 284. The first kappa shape index (κ1) is 13.2. The van der Waals surface area contributed by atoms with Crippen LogP contribution in [-0.2, 0) is 18.3 Å². The highest BCUT2D eigenvalue weighted by Crippen LogP contribution is 1.95. The van der Waals surface area contributed by atoms with Crippen molar-refractivity contribution in [3.8, 4) is 0 Å². The Morgan fingerprint density at radius 1 is 1.44 bits per heavy atom. The van der Waals surface area contributed by atoms with Crippen LogP contribution >= 0.6 is 0 Å². The number of unbranched alkanes of at least 4 members (excludes halogenated alkanes) is 1. The summed E-state index contributed by atoms with van der Waals surface area (Å²) in [5.74, 6) is 0. The van der Waals surface area contributed by atoms with E-state index in [1.807, 2.05) is 24.0 Å². The normalized spacial score (nSPS) is 11.2. The molecular weight excluding hydrogens is 202 g/mol. The number of hydrogen-bond acceptors (Lipinski definition) is 3. The molecule has 0 aromatic carbocycles. The summed E-state index contributed by atoms with van der Waals surface area (Å²) in [6.45, 7) is 6.88. The summed E-state index contributed by atoms with van der Waals surface area (Å²) in [7, 11) is 1.94. The molecule has 1 aromatic heterocycles. The highest BCUT2D eigenvalue weighted by molar-refractivity contribution is 4.97. The fraction of sp³-hybridized carbons (Fsp3) is 0.750. The molecule has 0 fully saturated rings. The first-order valence-electron chi connectivity index (χ1n) is 5.99. The number of ether oxygens (including phenoxy) is 1. The monoisotopic (exact) mass is 225 g/mol. The van der Waals surface area contributed by atoms with Crippen LogP contribution in [0.4, 0.5) is 0 Å². The van der Waals surface area contributed by atoms with Crippen LogP contribution in [0, 0.1) is 0 Å². The molecule has 0 unspecified atom stereocenters. The molecule has 1 rings (SSSR count). The van der Waals surface area contributed by atoms with Crippen molar-refractivity contribution in [1.82, 2.24) is 15.1 Å². The molecule has 0 aliphatic carbocycles. The fourth-order valence-corrected chi connectivity index (χ4v) is 1.45. The smallest absolute Gasteiger partial charge is 0.0762 e. The summed E-state index contributed by atoms with van der Waals surface area (Å²) in [4.78, 5) is 0. The first-order chi connectivity index (χ1) is 7.68. The lowest BCUT2D eigenvalue weighted by Gasteiger charge is -2.07. The molecule has 0 saturated heterocycles. The molecule has 0 radical (unpaired) electrons. The molecule has 0 aliphatic heterocycles. The molecule has 1 heterocycles. The Balaban J connectivity index is 1.92. The fourth-order valence-electron chi connectivity index (χ4n) is 1.45. The summed E-state index contributed by atoms with van der Waals surface area (Å²) in [6.07, 6.45) is 4.59. The van der Waals surface area contributed by atoms with Crippen molar-refractivity contribution in [2.24, 2.45) is 7.05 Å². The van der Waals surface area contributed by atoms with Crippen LogP contribution < -0.4 is 5.32 Å². The van der Waals surface area contributed by atoms with Gasteiger partial charge in [-0.2, -0.15) is 5.10 Å². The molecule has 4 heteroatoms. The standard InChI is InChI=1S/C12H23N3O/c1-11(2)16-9-5-4-7-13-10-12-6-8-15(3)14-12/h6,8,11,13H,4-5,7,9-10H2,1-3H3. The van der Waals surface area contributed by atoms with Crippen LogP contribution in [0.15, 0.2) is 12.3 Å². The van der Waals surface area contributed by atoms with Gasteiger partial charge in [0, 0.05) is 26.4 Å².